The lowest BCUT2D eigenvalue weighted by Crippen LogP contribution is -2.29. The number of hydrogen-bond acceptors (Lipinski definition) is 6. The van der Waals surface area contributed by atoms with E-state index in [2.05, 4.69) is 15.5 Å². The van der Waals surface area contributed by atoms with Crippen LogP contribution in [0.5, 0.6) is 5.75 Å². The van der Waals surface area contributed by atoms with Gasteiger partial charge in [0, 0.05) is 15.8 Å². The summed E-state index contributed by atoms with van der Waals surface area (Å²) in [5, 5.41) is 12.8. The van der Waals surface area contributed by atoms with Crippen molar-refractivity contribution in [3.63, 3.8) is 0 Å². The van der Waals surface area contributed by atoms with Crippen molar-refractivity contribution in [2.75, 3.05) is 7.11 Å². The van der Waals surface area contributed by atoms with E-state index in [0.717, 1.165) is 44.2 Å². The van der Waals surface area contributed by atoms with Crippen molar-refractivity contribution in [3.05, 3.63) is 107 Å². The number of carbonyl (C=O) groups excluding carboxylic acids is 1. The Morgan fingerprint density at radius 3 is 2.63 bits per heavy atom. The number of methoxy groups -OCH3 is 1. The van der Waals surface area contributed by atoms with Gasteiger partial charge in [-0.15, -0.1) is 21.5 Å². The molecule has 1 N–H and O–H groups in total. The van der Waals surface area contributed by atoms with Gasteiger partial charge in [0.15, 0.2) is 12.0 Å². The zero-order valence-electron chi connectivity index (χ0n) is 19.1. The first kappa shape index (κ1) is 21.2. The fraction of sp³-hybridized carbons (Fsp3) is 0.111. The summed E-state index contributed by atoms with van der Waals surface area (Å²) in [6, 6.07) is 25.7. The standard InChI is InChI=1S/C27H21N5O2S/c1-16-30-31-26-25(29-27(33)23-15-18-14-19(34-2)12-13-22(18)35-23)28-24(17-8-4-3-5-9-17)20-10-6-7-11-21(20)32(16)26/h3-15,25H,1-2H3,(H,29,33). The van der Waals surface area contributed by atoms with E-state index >= 15 is 0 Å². The molecule has 172 valence electrons. The van der Waals surface area contributed by atoms with Crippen LogP contribution in [0.3, 0.4) is 0 Å². The Balaban J connectivity index is 1.46. The van der Waals surface area contributed by atoms with Crippen LogP contribution in [-0.2, 0) is 0 Å². The van der Waals surface area contributed by atoms with Crippen molar-refractivity contribution in [2.45, 2.75) is 13.1 Å². The lowest BCUT2D eigenvalue weighted by Gasteiger charge is -2.14. The number of thiophene rings is 1. The van der Waals surface area contributed by atoms with E-state index < -0.39 is 6.17 Å². The van der Waals surface area contributed by atoms with E-state index in [1.165, 1.54) is 11.3 Å². The molecule has 0 radical (unpaired) electrons. The van der Waals surface area contributed by atoms with Crippen molar-refractivity contribution in [3.8, 4) is 11.4 Å². The van der Waals surface area contributed by atoms with Crippen LogP contribution in [0.25, 0.3) is 15.8 Å². The summed E-state index contributed by atoms with van der Waals surface area (Å²) in [7, 11) is 1.63. The third-order valence-electron chi connectivity index (χ3n) is 6.02. The molecule has 1 atom stereocenters. The molecule has 0 spiro atoms. The number of rotatable bonds is 4. The van der Waals surface area contributed by atoms with Crippen LogP contribution in [0.15, 0.2) is 83.9 Å². The first-order valence-corrected chi connectivity index (χ1v) is 12.0. The molecule has 7 nitrogen and oxygen atoms in total. The highest BCUT2D eigenvalue weighted by molar-refractivity contribution is 7.20. The van der Waals surface area contributed by atoms with Gasteiger partial charge in [0.1, 0.15) is 11.6 Å². The van der Waals surface area contributed by atoms with Crippen molar-refractivity contribution < 1.29 is 9.53 Å². The molecule has 3 aromatic carbocycles. The molecule has 0 saturated heterocycles. The first-order valence-electron chi connectivity index (χ1n) is 11.2. The second-order valence-corrected chi connectivity index (χ2v) is 9.28. The molecule has 6 rings (SSSR count). The average Bonchev–Trinajstić information content (AvgIpc) is 3.46. The minimum absolute atomic E-state index is 0.218. The minimum atomic E-state index is -0.717. The smallest absolute Gasteiger partial charge is 0.263 e. The van der Waals surface area contributed by atoms with E-state index in [4.69, 9.17) is 9.73 Å². The summed E-state index contributed by atoms with van der Waals surface area (Å²) in [5.74, 6) is 1.83. The molecule has 0 aliphatic carbocycles. The number of carbonyl (C=O) groups is 1. The Morgan fingerprint density at radius 1 is 1.00 bits per heavy atom. The maximum absolute atomic E-state index is 13.4. The van der Waals surface area contributed by atoms with Crippen molar-refractivity contribution in [1.29, 1.82) is 0 Å². The number of amides is 1. The number of nitrogens with one attached hydrogen (secondary N) is 1. The number of benzene rings is 3. The molecule has 2 aromatic heterocycles. The number of fused-ring (bicyclic) bond motifs is 4. The zero-order valence-corrected chi connectivity index (χ0v) is 19.9. The Labute approximate surface area is 205 Å². The summed E-state index contributed by atoms with van der Waals surface area (Å²) in [4.78, 5) is 19.0. The largest absolute Gasteiger partial charge is 0.497 e. The molecule has 8 heteroatoms. The van der Waals surface area contributed by atoms with E-state index in [1.807, 2.05) is 90.4 Å². The molecular weight excluding hydrogens is 458 g/mol. The van der Waals surface area contributed by atoms with Gasteiger partial charge in [0.2, 0.25) is 0 Å². The van der Waals surface area contributed by atoms with Crippen molar-refractivity contribution >= 4 is 33.0 Å². The van der Waals surface area contributed by atoms with E-state index in [9.17, 15) is 4.79 Å². The average molecular weight is 480 g/mol. The van der Waals surface area contributed by atoms with Crippen LogP contribution < -0.4 is 10.1 Å². The molecule has 0 fully saturated rings. The van der Waals surface area contributed by atoms with Gasteiger partial charge in [0.25, 0.3) is 5.91 Å². The second kappa shape index (κ2) is 8.48. The van der Waals surface area contributed by atoms with Gasteiger partial charge in [0.05, 0.1) is 23.4 Å². The summed E-state index contributed by atoms with van der Waals surface area (Å²) >= 11 is 1.43. The number of para-hydroxylation sites is 1. The minimum Gasteiger partial charge on any atom is -0.497 e. The highest BCUT2D eigenvalue weighted by Crippen LogP contribution is 2.32. The SMILES string of the molecule is COc1ccc2sc(C(=O)NC3N=C(c4ccccc4)c4ccccc4-n4c(C)nnc43)cc2c1. The molecule has 0 saturated carbocycles. The van der Waals surface area contributed by atoms with Gasteiger partial charge in [-0.05, 0) is 42.6 Å². The van der Waals surface area contributed by atoms with Gasteiger partial charge < -0.3 is 10.1 Å². The molecule has 0 bridgehead atoms. The fourth-order valence-corrected chi connectivity index (χ4v) is 5.30. The lowest BCUT2D eigenvalue weighted by molar-refractivity contribution is 0.0940. The predicted octanol–water partition coefficient (Wildman–Crippen LogP) is 5.08. The molecule has 1 amide bonds. The molecule has 5 aromatic rings. The van der Waals surface area contributed by atoms with Crippen LogP contribution in [-0.4, -0.2) is 33.5 Å². The Morgan fingerprint density at radius 2 is 1.80 bits per heavy atom. The number of nitrogens with zero attached hydrogens (tertiary/aromatic N) is 4. The summed E-state index contributed by atoms with van der Waals surface area (Å²) in [6.07, 6.45) is -0.717. The first-order chi connectivity index (χ1) is 17.1. The lowest BCUT2D eigenvalue weighted by atomic mass is 10.0. The normalized spacial score (nSPS) is 14.6. The van der Waals surface area contributed by atoms with Crippen molar-refractivity contribution in [1.82, 2.24) is 20.1 Å². The highest BCUT2D eigenvalue weighted by Gasteiger charge is 2.29. The van der Waals surface area contributed by atoms with Crippen LogP contribution >= 0.6 is 11.3 Å². The number of aryl methyl sites for hydroxylation is 1. The predicted molar refractivity (Wildman–Crippen MR) is 137 cm³/mol. The summed E-state index contributed by atoms with van der Waals surface area (Å²) in [6.45, 7) is 1.90. The Bertz CT molecular complexity index is 1600. The van der Waals surface area contributed by atoms with Crippen molar-refractivity contribution in [2.24, 2.45) is 4.99 Å². The number of aromatic nitrogens is 3. The zero-order chi connectivity index (χ0) is 23.9. The van der Waals surface area contributed by atoms with Crippen LogP contribution in [0.1, 0.15) is 38.6 Å². The molecule has 1 unspecified atom stereocenters. The highest BCUT2D eigenvalue weighted by atomic mass is 32.1. The van der Waals surface area contributed by atoms with Gasteiger partial charge in [-0.25, -0.2) is 0 Å². The monoisotopic (exact) mass is 479 g/mol. The van der Waals surface area contributed by atoms with E-state index in [-0.39, 0.29) is 5.91 Å². The molecule has 1 aliphatic heterocycles. The van der Waals surface area contributed by atoms with Gasteiger partial charge >= 0.3 is 0 Å². The third kappa shape index (κ3) is 3.68. The molecule has 35 heavy (non-hydrogen) atoms. The van der Waals surface area contributed by atoms with Crippen LogP contribution in [0.2, 0.25) is 0 Å². The quantitative estimate of drug-likeness (QED) is 0.390. The Hall–Kier alpha value is -4.30. The molecule has 1 aliphatic rings. The van der Waals surface area contributed by atoms with Crippen LogP contribution in [0.4, 0.5) is 0 Å². The number of ether oxygens (including phenoxy) is 1. The molecule has 3 heterocycles. The third-order valence-corrected chi connectivity index (χ3v) is 7.13. The maximum atomic E-state index is 13.4. The Kier molecular flexibility index (Phi) is 5.15. The summed E-state index contributed by atoms with van der Waals surface area (Å²) < 4.78 is 8.30. The maximum Gasteiger partial charge on any atom is 0.263 e. The van der Waals surface area contributed by atoms with E-state index in [0.29, 0.717) is 10.7 Å². The van der Waals surface area contributed by atoms with Gasteiger partial charge in [-0.2, -0.15) is 0 Å². The number of aliphatic imine (C=N–C) groups is 1. The van der Waals surface area contributed by atoms with Crippen LogP contribution in [0, 0.1) is 6.92 Å². The fourth-order valence-electron chi connectivity index (χ4n) is 4.36. The van der Waals surface area contributed by atoms with E-state index in [1.54, 1.807) is 7.11 Å². The van der Waals surface area contributed by atoms with Gasteiger partial charge in [-0.3, -0.25) is 14.4 Å². The topological polar surface area (TPSA) is 81.4 Å². The number of hydrogen-bond donors (Lipinski definition) is 1. The second-order valence-electron chi connectivity index (χ2n) is 8.19. The molecular formula is C27H21N5O2S. The van der Waals surface area contributed by atoms with Gasteiger partial charge in [-0.1, -0.05) is 48.5 Å². The summed E-state index contributed by atoms with van der Waals surface area (Å²) in [5.41, 5.74) is 3.63.